The van der Waals surface area contributed by atoms with Crippen molar-refractivity contribution in [3.05, 3.63) is 51.6 Å². The van der Waals surface area contributed by atoms with Crippen molar-refractivity contribution < 1.29 is 9.72 Å². The minimum Gasteiger partial charge on any atom is -0.338 e. The van der Waals surface area contributed by atoms with Gasteiger partial charge in [-0.1, -0.05) is 12.1 Å². The van der Waals surface area contributed by atoms with E-state index in [1.165, 1.54) is 12.1 Å². The summed E-state index contributed by atoms with van der Waals surface area (Å²) in [5, 5.41) is 24.7. The van der Waals surface area contributed by atoms with E-state index in [9.17, 15) is 14.9 Å². The van der Waals surface area contributed by atoms with Crippen LogP contribution in [0.4, 0.5) is 10.5 Å². The summed E-state index contributed by atoms with van der Waals surface area (Å²) in [6.45, 7) is 3.14. The van der Waals surface area contributed by atoms with E-state index < -0.39 is 4.92 Å². The largest absolute Gasteiger partial charge is 0.338 e. The maximum absolute atomic E-state index is 12.0. The molecule has 2 N–H and O–H groups in total. The number of non-ortho nitro benzene ring substituents is 1. The normalized spacial score (nSPS) is 14.0. The average molecular weight is 344 g/mol. The number of urea groups is 1. The smallest absolute Gasteiger partial charge is 0.315 e. The van der Waals surface area contributed by atoms with Gasteiger partial charge in [-0.3, -0.25) is 10.1 Å². The highest BCUT2D eigenvalue weighted by molar-refractivity contribution is 5.74. The molecule has 2 heterocycles. The first-order chi connectivity index (χ1) is 12.0. The second-order valence-corrected chi connectivity index (χ2v) is 6.03. The molecule has 0 aliphatic carbocycles. The van der Waals surface area contributed by atoms with Crippen LogP contribution in [0.15, 0.2) is 24.3 Å². The van der Waals surface area contributed by atoms with Crippen LogP contribution in [-0.4, -0.2) is 32.3 Å². The Kier molecular flexibility index (Phi) is 4.92. The van der Waals surface area contributed by atoms with Gasteiger partial charge in [0.15, 0.2) is 5.82 Å². The molecule has 0 bridgehead atoms. The van der Waals surface area contributed by atoms with Crippen molar-refractivity contribution in [1.29, 1.82) is 0 Å². The van der Waals surface area contributed by atoms with E-state index in [0.717, 1.165) is 36.6 Å². The molecule has 9 nitrogen and oxygen atoms in total. The number of aromatic nitrogens is 3. The fourth-order valence-corrected chi connectivity index (χ4v) is 2.95. The first-order valence-corrected chi connectivity index (χ1v) is 8.24. The SMILES string of the molecule is C[C@@H](NC(=O)NCCc1cccc([N+](=O)[O-])c1)c1nnc2n1CCC2. The molecule has 1 aromatic heterocycles. The van der Waals surface area contributed by atoms with E-state index in [1.54, 1.807) is 12.1 Å². The summed E-state index contributed by atoms with van der Waals surface area (Å²) >= 11 is 0. The topological polar surface area (TPSA) is 115 Å². The Hall–Kier alpha value is -2.97. The summed E-state index contributed by atoms with van der Waals surface area (Å²) in [4.78, 5) is 22.4. The van der Waals surface area contributed by atoms with Crippen LogP contribution in [-0.2, 0) is 19.4 Å². The monoisotopic (exact) mass is 344 g/mol. The Morgan fingerprint density at radius 2 is 2.28 bits per heavy atom. The molecule has 25 heavy (non-hydrogen) atoms. The number of rotatable bonds is 6. The number of aryl methyl sites for hydroxylation is 1. The predicted octanol–water partition coefficient (Wildman–Crippen LogP) is 1.74. The second-order valence-electron chi connectivity index (χ2n) is 6.03. The first kappa shape index (κ1) is 16.9. The number of nitro groups is 1. The summed E-state index contributed by atoms with van der Waals surface area (Å²) in [7, 11) is 0. The van der Waals surface area contributed by atoms with Crippen molar-refractivity contribution in [2.75, 3.05) is 6.54 Å². The van der Waals surface area contributed by atoms with Crippen LogP contribution in [0.5, 0.6) is 0 Å². The Morgan fingerprint density at radius 1 is 1.44 bits per heavy atom. The van der Waals surface area contributed by atoms with Gasteiger partial charge < -0.3 is 15.2 Å². The number of fused-ring (bicyclic) bond motifs is 1. The molecular formula is C16H20N6O3. The van der Waals surface area contributed by atoms with Crippen molar-refractivity contribution >= 4 is 11.7 Å². The molecule has 1 aromatic carbocycles. The molecule has 1 aliphatic rings. The number of hydrogen-bond acceptors (Lipinski definition) is 5. The zero-order chi connectivity index (χ0) is 17.8. The first-order valence-electron chi connectivity index (χ1n) is 8.24. The molecule has 1 atom stereocenters. The molecule has 2 aromatic rings. The molecule has 1 aliphatic heterocycles. The van der Waals surface area contributed by atoms with Crippen LogP contribution in [0, 0.1) is 10.1 Å². The molecule has 0 unspecified atom stereocenters. The quantitative estimate of drug-likeness (QED) is 0.612. The van der Waals surface area contributed by atoms with Crippen LogP contribution < -0.4 is 10.6 Å². The second kappa shape index (κ2) is 7.29. The number of nitrogens with one attached hydrogen (secondary N) is 2. The third-order valence-electron chi connectivity index (χ3n) is 4.19. The standard InChI is InChI=1S/C16H20N6O3/c1-11(15-20-19-14-6-3-9-21(14)15)18-16(23)17-8-7-12-4-2-5-13(10-12)22(24)25/h2,4-5,10-11H,3,6-9H2,1H3,(H2,17,18,23)/t11-/m1/s1. The number of carbonyl (C=O) groups is 1. The number of benzene rings is 1. The van der Waals surface area contributed by atoms with Gasteiger partial charge in [0.2, 0.25) is 0 Å². The number of amides is 2. The van der Waals surface area contributed by atoms with Gasteiger partial charge in [-0.15, -0.1) is 10.2 Å². The van der Waals surface area contributed by atoms with Gasteiger partial charge in [0.25, 0.3) is 5.69 Å². The molecule has 9 heteroatoms. The van der Waals surface area contributed by atoms with E-state index in [1.807, 2.05) is 11.5 Å². The number of nitro benzene ring substituents is 1. The number of hydrogen-bond donors (Lipinski definition) is 2. The van der Waals surface area contributed by atoms with Gasteiger partial charge in [0.05, 0.1) is 11.0 Å². The van der Waals surface area contributed by atoms with Crippen LogP contribution in [0.1, 0.15) is 36.6 Å². The van der Waals surface area contributed by atoms with Gasteiger partial charge in [0.1, 0.15) is 5.82 Å². The van der Waals surface area contributed by atoms with Crippen LogP contribution >= 0.6 is 0 Å². The maximum atomic E-state index is 12.0. The van der Waals surface area contributed by atoms with Gasteiger partial charge in [-0.2, -0.15) is 0 Å². The van der Waals surface area contributed by atoms with E-state index in [4.69, 9.17) is 0 Å². The van der Waals surface area contributed by atoms with E-state index in [0.29, 0.717) is 13.0 Å². The fourth-order valence-electron chi connectivity index (χ4n) is 2.95. The van der Waals surface area contributed by atoms with Crippen LogP contribution in [0.2, 0.25) is 0 Å². The summed E-state index contributed by atoms with van der Waals surface area (Å²) in [6, 6.07) is 5.87. The van der Waals surface area contributed by atoms with E-state index in [-0.39, 0.29) is 17.8 Å². The molecule has 132 valence electrons. The van der Waals surface area contributed by atoms with Gasteiger partial charge in [-0.25, -0.2) is 4.79 Å². The summed E-state index contributed by atoms with van der Waals surface area (Å²) < 4.78 is 2.05. The highest BCUT2D eigenvalue weighted by Gasteiger charge is 2.22. The zero-order valence-corrected chi connectivity index (χ0v) is 13.9. The lowest BCUT2D eigenvalue weighted by molar-refractivity contribution is -0.384. The van der Waals surface area contributed by atoms with E-state index >= 15 is 0 Å². The minimum atomic E-state index is -0.428. The lowest BCUT2D eigenvalue weighted by atomic mass is 10.1. The Morgan fingerprint density at radius 3 is 3.08 bits per heavy atom. The molecule has 0 saturated carbocycles. The highest BCUT2D eigenvalue weighted by atomic mass is 16.6. The van der Waals surface area contributed by atoms with Crippen LogP contribution in [0.3, 0.4) is 0 Å². The maximum Gasteiger partial charge on any atom is 0.315 e. The molecule has 0 saturated heterocycles. The predicted molar refractivity (Wildman–Crippen MR) is 90.1 cm³/mol. The lowest BCUT2D eigenvalue weighted by Gasteiger charge is -2.14. The third kappa shape index (κ3) is 3.93. The van der Waals surface area contributed by atoms with Gasteiger partial charge in [-0.05, 0) is 25.3 Å². The van der Waals surface area contributed by atoms with Gasteiger partial charge >= 0.3 is 6.03 Å². The average Bonchev–Trinajstić information content (AvgIpc) is 3.18. The molecular weight excluding hydrogens is 324 g/mol. The molecule has 2 amide bonds. The Labute approximate surface area is 144 Å². The molecule has 0 spiro atoms. The third-order valence-corrected chi connectivity index (χ3v) is 4.19. The van der Waals surface area contributed by atoms with Crippen molar-refractivity contribution in [2.24, 2.45) is 0 Å². The molecule has 3 rings (SSSR count). The highest BCUT2D eigenvalue weighted by Crippen LogP contribution is 2.18. The minimum absolute atomic E-state index is 0.0521. The molecule has 0 radical (unpaired) electrons. The Balaban J connectivity index is 1.48. The fraction of sp³-hybridized carbons (Fsp3) is 0.438. The van der Waals surface area contributed by atoms with Crippen molar-refractivity contribution in [3.8, 4) is 0 Å². The molecule has 0 fully saturated rings. The lowest BCUT2D eigenvalue weighted by Crippen LogP contribution is -2.38. The summed E-state index contributed by atoms with van der Waals surface area (Å²) in [5.41, 5.74) is 0.856. The summed E-state index contributed by atoms with van der Waals surface area (Å²) in [6.07, 6.45) is 2.50. The Bertz CT molecular complexity index is 788. The van der Waals surface area contributed by atoms with Gasteiger partial charge in [0, 0.05) is 31.6 Å². The van der Waals surface area contributed by atoms with E-state index in [2.05, 4.69) is 20.8 Å². The number of nitrogens with zero attached hydrogens (tertiary/aromatic N) is 4. The van der Waals surface area contributed by atoms with Crippen molar-refractivity contribution in [2.45, 2.75) is 38.8 Å². The van der Waals surface area contributed by atoms with Crippen molar-refractivity contribution in [1.82, 2.24) is 25.4 Å². The number of carbonyl (C=O) groups excluding carboxylic acids is 1. The van der Waals surface area contributed by atoms with Crippen molar-refractivity contribution in [3.63, 3.8) is 0 Å². The summed E-state index contributed by atoms with van der Waals surface area (Å²) in [5.74, 6) is 1.73. The zero-order valence-electron chi connectivity index (χ0n) is 13.9. The van der Waals surface area contributed by atoms with Crippen LogP contribution in [0.25, 0.3) is 0 Å².